The Labute approximate surface area is 96.0 Å². The van der Waals surface area contributed by atoms with Crippen LogP contribution in [0.3, 0.4) is 0 Å². The zero-order valence-electron chi connectivity index (χ0n) is 9.91. The van der Waals surface area contributed by atoms with Crippen LogP contribution in [0.15, 0.2) is 36.4 Å². The van der Waals surface area contributed by atoms with E-state index >= 15 is 0 Å². The van der Waals surface area contributed by atoms with Crippen LogP contribution in [0.2, 0.25) is 0 Å². The second-order valence-corrected chi connectivity index (χ2v) is 3.27. The molecule has 0 saturated carbocycles. The Morgan fingerprint density at radius 3 is 1.75 bits per heavy atom. The number of carbonyl (C=O) groups is 1. The van der Waals surface area contributed by atoms with E-state index in [9.17, 15) is 4.79 Å². The molecule has 0 aromatic heterocycles. The quantitative estimate of drug-likeness (QED) is 0.580. The number of hydrogen-bond acceptors (Lipinski definition) is 3. The molecule has 0 bridgehead atoms. The van der Waals surface area contributed by atoms with Gasteiger partial charge in [-0.3, -0.25) is 0 Å². The van der Waals surface area contributed by atoms with Gasteiger partial charge in [0.25, 0.3) is 0 Å². The maximum atomic E-state index is 10.1. The van der Waals surface area contributed by atoms with Crippen LogP contribution in [0.5, 0.6) is 0 Å². The molecular formula is C12H19NO3. The van der Waals surface area contributed by atoms with Crippen molar-refractivity contribution in [3.05, 3.63) is 47.5 Å². The maximum absolute atomic E-state index is 10.1. The largest absolute Gasteiger partial charge is 0.412 e. The van der Waals surface area contributed by atoms with Crippen molar-refractivity contribution in [2.24, 2.45) is 5.90 Å². The standard InChI is InChI=1S/C8H10.C4H7NO2.H2O/c1-7-5-3-4-6-8(7)2;1-3(2)4(6)7-5;/h3-6H,1-2H3;1,5H2,2H3;1H2. The van der Waals surface area contributed by atoms with Crippen molar-refractivity contribution in [1.82, 2.24) is 0 Å². The highest BCUT2D eigenvalue weighted by molar-refractivity contribution is 5.86. The van der Waals surface area contributed by atoms with Gasteiger partial charge in [0.05, 0.1) is 0 Å². The van der Waals surface area contributed by atoms with E-state index in [0.29, 0.717) is 5.57 Å². The number of carbonyl (C=O) groups excluding carboxylic acids is 1. The fourth-order valence-corrected chi connectivity index (χ4v) is 0.763. The monoisotopic (exact) mass is 225 g/mol. The van der Waals surface area contributed by atoms with E-state index in [1.807, 2.05) is 0 Å². The molecule has 0 aliphatic rings. The van der Waals surface area contributed by atoms with Gasteiger partial charge in [0.1, 0.15) is 0 Å². The van der Waals surface area contributed by atoms with Crippen molar-refractivity contribution in [3.63, 3.8) is 0 Å². The molecule has 1 aromatic carbocycles. The summed E-state index contributed by atoms with van der Waals surface area (Å²) in [4.78, 5) is 13.8. The van der Waals surface area contributed by atoms with Crippen molar-refractivity contribution in [2.45, 2.75) is 20.8 Å². The second kappa shape index (κ2) is 8.64. The molecule has 0 atom stereocenters. The first kappa shape index (κ1) is 16.8. The molecule has 0 radical (unpaired) electrons. The van der Waals surface area contributed by atoms with E-state index in [1.54, 1.807) is 0 Å². The van der Waals surface area contributed by atoms with Crippen LogP contribution in [0, 0.1) is 13.8 Å². The third kappa shape index (κ3) is 6.75. The molecule has 1 aromatic rings. The van der Waals surface area contributed by atoms with Crippen LogP contribution in [-0.4, -0.2) is 11.4 Å². The minimum Gasteiger partial charge on any atom is -0.412 e. The average Bonchev–Trinajstić information content (AvgIpc) is 2.22. The summed E-state index contributed by atoms with van der Waals surface area (Å²) >= 11 is 0. The van der Waals surface area contributed by atoms with E-state index in [4.69, 9.17) is 0 Å². The van der Waals surface area contributed by atoms with Gasteiger partial charge in [-0.25, -0.2) is 4.79 Å². The van der Waals surface area contributed by atoms with Crippen LogP contribution < -0.4 is 5.90 Å². The van der Waals surface area contributed by atoms with Crippen LogP contribution in [0.1, 0.15) is 18.1 Å². The fourth-order valence-electron chi connectivity index (χ4n) is 0.763. The van der Waals surface area contributed by atoms with E-state index in [0.717, 1.165) is 0 Å². The minimum atomic E-state index is -0.569. The lowest BCUT2D eigenvalue weighted by Gasteiger charge is -1.93. The molecule has 90 valence electrons. The molecule has 4 N–H and O–H groups in total. The number of rotatable bonds is 1. The van der Waals surface area contributed by atoms with Gasteiger partial charge >= 0.3 is 5.97 Å². The van der Waals surface area contributed by atoms with Gasteiger partial charge in [0, 0.05) is 5.57 Å². The average molecular weight is 225 g/mol. The number of aryl methyl sites for hydroxylation is 2. The van der Waals surface area contributed by atoms with Gasteiger partial charge in [-0.05, 0) is 31.9 Å². The topological polar surface area (TPSA) is 83.8 Å². The lowest BCUT2D eigenvalue weighted by molar-refractivity contribution is -0.139. The molecule has 0 spiro atoms. The van der Waals surface area contributed by atoms with Crippen molar-refractivity contribution < 1.29 is 15.1 Å². The summed E-state index contributed by atoms with van der Waals surface area (Å²) in [5.74, 6) is 3.89. The molecule has 0 fully saturated rings. The highest BCUT2D eigenvalue weighted by atomic mass is 16.7. The van der Waals surface area contributed by atoms with E-state index in [2.05, 4.69) is 55.4 Å². The minimum absolute atomic E-state index is 0. The molecule has 0 aliphatic heterocycles. The van der Waals surface area contributed by atoms with Gasteiger partial charge in [0.15, 0.2) is 0 Å². The molecule has 4 nitrogen and oxygen atoms in total. The molecule has 16 heavy (non-hydrogen) atoms. The lowest BCUT2D eigenvalue weighted by atomic mass is 10.1. The van der Waals surface area contributed by atoms with Gasteiger partial charge in [-0.2, -0.15) is 5.90 Å². The molecule has 0 saturated heterocycles. The lowest BCUT2D eigenvalue weighted by Crippen LogP contribution is -2.09. The zero-order valence-corrected chi connectivity index (χ0v) is 9.91. The summed E-state index contributed by atoms with van der Waals surface area (Å²) in [6.07, 6.45) is 0. The number of benzene rings is 1. The maximum Gasteiger partial charge on any atom is 0.351 e. The van der Waals surface area contributed by atoms with Crippen molar-refractivity contribution >= 4 is 5.97 Å². The van der Waals surface area contributed by atoms with E-state index in [1.165, 1.54) is 18.1 Å². The zero-order chi connectivity index (χ0) is 11.8. The number of nitrogens with two attached hydrogens (primary N) is 1. The first-order chi connectivity index (χ1) is 6.99. The molecular weight excluding hydrogens is 206 g/mol. The van der Waals surface area contributed by atoms with Crippen LogP contribution in [0.4, 0.5) is 0 Å². The smallest absolute Gasteiger partial charge is 0.351 e. The van der Waals surface area contributed by atoms with Crippen LogP contribution in [0.25, 0.3) is 0 Å². The third-order valence-corrected chi connectivity index (χ3v) is 1.88. The van der Waals surface area contributed by atoms with E-state index in [-0.39, 0.29) is 5.48 Å². The Bertz CT molecular complexity index is 327. The molecule has 0 aliphatic carbocycles. The Kier molecular flexibility index (Phi) is 9.06. The molecule has 0 heterocycles. The Hall–Kier alpha value is -1.65. The SMILES string of the molecule is C=C(C)C(=O)ON.Cc1ccccc1C.O. The summed E-state index contributed by atoms with van der Waals surface area (Å²) in [6, 6.07) is 8.36. The Balaban J connectivity index is 0. The molecule has 4 heteroatoms. The summed E-state index contributed by atoms with van der Waals surface area (Å²) < 4.78 is 0. The highest BCUT2D eigenvalue weighted by Gasteiger charge is 1.96. The van der Waals surface area contributed by atoms with Crippen molar-refractivity contribution in [3.8, 4) is 0 Å². The fraction of sp³-hybridized carbons (Fsp3) is 0.250. The molecule has 0 unspecified atom stereocenters. The van der Waals surface area contributed by atoms with Gasteiger partial charge in [-0.15, -0.1) is 0 Å². The van der Waals surface area contributed by atoms with Crippen LogP contribution in [-0.2, 0) is 9.63 Å². The normalized spacial score (nSPS) is 8.00. The second-order valence-electron chi connectivity index (χ2n) is 3.27. The summed E-state index contributed by atoms with van der Waals surface area (Å²) in [5, 5.41) is 0. The third-order valence-electron chi connectivity index (χ3n) is 1.88. The molecule has 0 amide bonds. The van der Waals surface area contributed by atoms with E-state index < -0.39 is 5.97 Å². The highest BCUT2D eigenvalue weighted by Crippen LogP contribution is 2.02. The van der Waals surface area contributed by atoms with Crippen molar-refractivity contribution in [1.29, 1.82) is 0 Å². The Morgan fingerprint density at radius 1 is 1.25 bits per heavy atom. The Morgan fingerprint density at radius 2 is 1.62 bits per heavy atom. The molecule has 1 rings (SSSR count). The van der Waals surface area contributed by atoms with Gasteiger partial charge in [-0.1, -0.05) is 30.8 Å². The van der Waals surface area contributed by atoms with Gasteiger partial charge < -0.3 is 10.3 Å². The predicted molar refractivity (Wildman–Crippen MR) is 64.6 cm³/mol. The summed E-state index contributed by atoms with van der Waals surface area (Å²) in [7, 11) is 0. The van der Waals surface area contributed by atoms with Crippen LogP contribution >= 0.6 is 0 Å². The first-order valence-electron chi connectivity index (χ1n) is 4.57. The summed E-state index contributed by atoms with van der Waals surface area (Å²) in [5.41, 5.74) is 3.04. The predicted octanol–water partition coefficient (Wildman–Crippen LogP) is 1.46. The van der Waals surface area contributed by atoms with Gasteiger partial charge in [0.2, 0.25) is 0 Å². The first-order valence-corrected chi connectivity index (χ1v) is 4.57. The summed E-state index contributed by atoms with van der Waals surface area (Å²) in [6.45, 7) is 9.04. The van der Waals surface area contributed by atoms with Crippen molar-refractivity contribution in [2.75, 3.05) is 0 Å². The number of hydrogen-bond donors (Lipinski definition) is 1.